The number of halogens is 2. The number of alkyl halides is 1. The molecule has 2 aliphatic rings. The molecule has 4 rings (SSSR count). The van der Waals surface area contributed by atoms with Gasteiger partial charge in [0.25, 0.3) is 5.91 Å². The number of amides is 2. The summed E-state index contributed by atoms with van der Waals surface area (Å²) in [4.78, 5) is 26.1. The second-order valence-electron chi connectivity index (χ2n) is 8.81. The molecule has 10 heteroatoms. The summed E-state index contributed by atoms with van der Waals surface area (Å²) < 4.78 is 17.1. The molecule has 176 valence electrons. The predicted octanol–water partition coefficient (Wildman–Crippen LogP) is 2.82. The molecule has 2 atom stereocenters. The van der Waals surface area contributed by atoms with Gasteiger partial charge in [-0.1, -0.05) is 23.6 Å². The van der Waals surface area contributed by atoms with Gasteiger partial charge in [-0.2, -0.15) is 10.4 Å². The highest BCUT2D eigenvalue weighted by Crippen LogP contribution is 2.38. The Morgan fingerprint density at radius 1 is 1.41 bits per heavy atom. The third-order valence-electron chi connectivity index (χ3n) is 6.49. The first kappa shape index (κ1) is 23.7. The average molecular weight is 483 g/mol. The highest BCUT2D eigenvalue weighted by molar-refractivity contribution is 6.31. The number of anilines is 1. The summed E-state index contributed by atoms with van der Waals surface area (Å²) in [6.07, 6.45) is 6.91. The van der Waals surface area contributed by atoms with Crippen LogP contribution in [0.25, 0.3) is 0 Å². The molecule has 1 aromatic heterocycles. The van der Waals surface area contributed by atoms with Crippen LogP contribution in [0.2, 0.25) is 5.02 Å². The number of piperidine rings is 1. The van der Waals surface area contributed by atoms with Crippen LogP contribution in [0, 0.1) is 29.6 Å². The number of nitrogens with zero attached hydrogens (tertiary/aromatic N) is 4. The van der Waals surface area contributed by atoms with Crippen LogP contribution in [0.1, 0.15) is 47.2 Å². The second-order valence-corrected chi connectivity index (χ2v) is 9.21. The number of nitriles is 1. The van der Waals surface area contributed by atoms with Crippen LogP contribution in [-0.2, 0) is 16.9 Å². The molecule has 1 aliphatic carbocycles. The van der Waals surface area contributed by atoms with Gasteiger partial charge in [0.05, 0.1) is 12.5 Å². The molecule has 1 aromatic carbocycles. The molecule has 0 spiro atoms. The van der Waals surface area contributed by atoms with E-state index in [1.807, 2.05) is 11.0 Å². The first-order chi connectivity index (χ1) is 16.3. The average Bonchev–Trinajstić information content (AvgIpc) is 3.57. The van der Waals surface area contributed by atoms with Crippen molar-refractivity contribution in [2.75, 3.05) is 18.4 Å². The topological polar surface area (TPSA) is 117 Å². The van der Waals surface area contributed by atoms with E-state index in [0.29, 0.717) is 23.7 Å². The number of rotatable bonds is 7. The van der Waals surface area contributed by atoms with Crippen LogP contribution in [0.3, 0.4) is 0 Å². The summed E-state index contributed by atoms with van der Waals surface area (Å²) in [6.45, 7) is 0.913. The fourth-order valence-electron chi connectivity index (χ4n) is 4.26. The number of carbonyl (C=O) groups is 2. The molecule has 0 radical (unpaired) electrons. The fourth-order valence-corrected chi connectivity index (χ4v) is 4.50. The van der Waals surface area contributed by atoms with E-state index in [4.69, 9.17) is 23.8 Å². The number of likely N-dealkylation sites (tertiary alicyclic amines) is 1. The number of nitrogens with one attached hydrogen (secondary N) is 1. The Balaban J connectivity index is 1.57. The molecule has 2 heterocycles. The van der Waals surface area contributed by atoms with Crippen molar-refractivity contribution in [3.63, 3.8) is 0 Å². The lowest BCUT2D eigenvalue weighted by molar-refractivity contribution is -0.117. The van der Waals surface area contributed by atoms with Crippen LogP contribution in [-0.4, -0.2) is 45.8 Å². The van der Waals surface area contributed by atoms with Crippen molar-refractivity contribution >= 4 is 29.2 Å². The van der Waals surface area contributed by atoms with Crippen molar-refractivity contribution in [3.05, 3.63) is 46.1 Å². The van der Waals surface area contributed by atoms with Gasteiger partial charge in [0.15, 0.2) is 5.82 Å². The Bertz CT molecular complexity index is 1210. The molecule has 1 saturated carbocycles. The van der Waals surface area contributed by atoms with Gasteiger partial charge < -0.3 is 11.1 Å². The van der Waals surface area contributed by atoms with Crippen molar-refractivity contribution in [1.82, 2.24) is 14.7 Å². The quantitative estimate of drug-likeness (QED) is 0.588. The maximum atomic E-state index is 15.8. The van der Waals surface area contributed by atoms with Crippen LogP contribution < -0.4 is 11.1 Å². The van der Waals surface area contributed by atoms with E-state index >= 15 is 4.39 Å². The predicted molar refractivity (Wildman–Crippen MR) is 124 cm³/mol. The minimum Gasteiger partial charge on any atom is -0.365 e. The second kappa shape index (κ2) is 9.46. The first-order valence-corrected chi connectivity index (χ1v) is 11.3. The largest absolute Gasteiger partial charge is 0.365 e. The van der Waals surface area contributed by atoms with Crippen molar-refractivity contribution in [1.29, 1.82) is 5.26 Å². The number of carbonyl (C=O) groups excluding carboxylic acids is 2. The van der Waals surface area contributed by atoms with Gasteiger partial charge in [0.2, 0.25) is 5.91 Å². The number of hydrogen-bond donors (Lipinski definition) is 2. The number of terminal acetylenes is 1. The van der Waals surface area contributed by atoms with E-state index in [9.17, 15) is 14.9 Å². The van der Waals surface area contributed by atoms with Crippen LogP contribution in [0.4, 0.5) is 10.2 Å². The van der Waals surface area contributed by atoms with E-state index < -0.39 is 17.6 Å². The molecular formula is C24H24ClFN6O2. The van der Waals surface area contributed by atoms with Crippen LogP contribution >= 0.6 is 11.6 Å². The fraction of sp³-hybridized carbons (Fsp3) is 0.417. The molecule has 34 heavy (non-hydrogen) atoms. The lowest BCUT2D eigenvalue weighted by Crippen LogP contribution is -2.54. The van der Waals surface area contributed by atoms with Crippen molar-refractivity contribution in [2.24, 2.45) is 11.7 Å². The smallest absolute Gasteiger partial charge is 0.254 e. The van der Waals surface area contributed by atoms with Crippen molar-refractivity contribution in [3.8, 4) is 18.4 Å². The van der Waals surface area contributed by atoms with Gasteiger partial charge in [0.1, 0.15) is 17.3 Å². The Labute approximate surface area is 201 Å². The van der Waals surface area contributed by atoms with Gasteiger partial charge in [-0.25, -0.2) is 4.39 Å². The normalized spacial score (nSPS) is 22.5. The van der Waals surface area contributed by atoms with E-state index in [2.05, 4.69) is 22.4 Å². The SMILES string of the molecule is C#Cc1ccc(CN2CCC(CC#N)(n3cc(C(N)=O)c(NC(=O)C4CC4)n3)C(F)C2)c(Cl)c1. The zero-order chi connectivity index (χ0) is 24.5. The maximum Gasteiger partial charge on any atom is 0.254 e. The number of primary amides is 1. The number of benzene rings is 1. The van der Waals surface area contributed by atoms with E-state index in [1.54, 1.807) is 12.1 Å². The Morgan fingerprint density at radius 2 is 2.18 bits per heavy atom. The molecule has 8 nitrogen and oxygen atoms in total. The monoisotopic (exact) mass is 482 g/mol. The molecule has 2 fully saturated rings. The summed E-state index contributed by atoms with van der Waals surface area (Å²) in [6, 6.07) is 7.36. The van der Waals surface area contributed by atoms with E-state index in [-0.39, 0.29) is 42.6 Å². The molecule has 1 aliphatic heterocycles. The molecule has 2 amide bonds. The highest BCUT2D eigenvalue weighted by Gasteiger charge is 2.47. The molecule has 2 aromatic rings. The van der Waals surface area contributed by atoms with Gasteiger partial charge in [0, 0.05) is 42.3 Å². The van der Waals surface area contributed by atoms with Gasteiger partial charge in [-0.15, -0.1) is 6.42 Å². The number of aromatic nitrogens is 2. The molecule has 3 N–H and O–H groups in total. The third kappa shape index (κ3) is 4.63. The number of hydrogen-bond acceptors (Lipinski definition) is 5. The number of nitrogens with two attached hydrogens (primary N) is 1. The lowest BCUT2D eigenvalue weighted by atomic mass is 9.83. The molecule has 0 bridgehead atoms. The summed E-state index contributed by atoms with van der Waals surface area (Å²) in [7, 11) is 0. The van der Waals surface area contributed by atoms with E-state index in [1.165, 1.54) is 10.9 Å². The van der Waals surface area contributed by atoms with Gasteiger partial charge in [-0.05, 0) is 37.0 Å². The zero-order valence-corrected chi connectivity index (χ0v) is 19.2. The minimum atomic E-state index is -1.47. The summed E-state index contributed by atoms with van der Waals surface area (Å²) in [5, 5.41) is 17.0. The van der Waals surface area contributed by atoms with Crippen molar-refractivity contribution in [2.45, 2.75) is 43.9 Å². The van der Waals surface area contributed by atoms with Gasteiger partial charge in [-0.3, -0.25) is 19.2 Å². The third-order valence-corrected chi connectivity index (χ3v) is 6.84. The summed E-state index contributed by atoms with van der Waals surface area (Å²) >= 11 is 6.33. The lowest BCUT2D eigenvalue weighted by Gasteiger charge is -2.43. The Hall–Kier alpha value is -3.40. The molecular weight excluding hydrogens is 459 g/mol. The van der Waals surface area contributed by atoms with E-state index in [0.717, 1.165) is 18.4 Å². The van der Waals surface area contributed by atoms with Crippen LogP contribution in [0.5, 0.6) is 0 Å². The summed E-state index contributed by atoms with van der Waals surface area (Å²) in [5.41, 5.74) is 5.66. The summed E-state index contributed by atoms with van der Waals surface area (Å²) in [5.74, 6) is 1.37. The highest BCUT2D eigenvalue weighted by atomic mass is 35.5. The molecule has 1 saturated heterocycles. The Morgan fingerprint density at radius 3 is 2.76 bits per heavy atom. The maximum absolute atomic E-state index is 15.8. The minimum absolute atomic E-state index is 0.00303. The Kier molecular flexibility index (Phi) is 6.60. The van der Waals surface area contributed by atoms with Crippen LogP contribution in [0.15, 0.2) is 24.4 Å². The van der Waals surface area contributed by atoms with Gasteiger partial charge >= 0.3 is 0 Å². The van der Waals surface area contributed by atoms with Crippen molar-refractivity contribution < 1.29 is 14.0 Å². The first-order valence-electron chi connectivity index (χ1n) is 11.0. The molecule has 2 unspecified atom stereocenters. The zero-order valence-electron chi connectivity index (χ0n) is 18.4. The standard InChI is InChI=1S/C24H24ClFN6O2/c1-2-15-3-4-17(19(25)11-15)12-31-10-8-24(7-9-27,20(26)14-31)32-13-18(21(28)33)22(30-32)29-23(34)16-5-6-16/h1,3-4,11,13,16,20H,5-8,10,12,14H2,(H2,28,33)(H,29,30,34).